The van der Waals surface area contributed by atoms with Gasteiger partial charge in [-0.2, -0.15) is 0 Å². The quantitative estimate of drug-likeness (QED) is 0.870. The molecule has 1 aromatic carbocycles. The number of carboxylic acids is 1. The van der Waals surface area contributed by atoms with Crippen LogP contribution in [0.2, 0.25) is 0 Å². The fourth-order valence-electron chi connectivity index (χ4n) is 3.21. The molecule has 1 aliphatic heterocycles. The zero-order chi connectivity index (χ0) is 15.2. The molecule has 4 nitrogen and oxygen atoms in total. The van der Waals surface area contributed by atoms with Crippen molar-refractivity contribution >= 4 is 11.9 Å². The van der Waals surface area contributed by atoms with Gasteiger partial charge in [0.1, 0.15) is 11.2 Å². The normalized spacial score (nSPS) is 26.7. The van der Waals surface area contributed by atoms with Gasteiger partial charge in [-0.15, -0.1) is 0 Å². The number of amides is 1. The average molecular weight is 291 g/mol. The Bertz CT molecular complexity index is 580. The zero-order valence-electron chi connectivity index (χ0n) is 11.9. The number of likely N-dealkylation sites (tertiary alicyclic amines) is 1. The van der Waals surface area contributed by atoms with Gasteiger partial charge in [-0.3, -0.25) is 9.59 Å². The number of benzene rings is 1. The van der Waals surface area contributed by atoms with Gasteiger partial charge in [0.2, 0.25) is 5.91 Å². The van der Waals surface area contributed by atoms with E-state index in [-0.39, 0.29) is 23.7 Å². The molecular weight excluding hydrogens is 273 g/mol. The topological polar surface area (TPSA) is 57.6 Å². The van der Waals surface area contributed by atoms with Gasteiger partial charge in [0, 0.05) is 18.5 Å². The van der Waals surface area contributed by atoms with Gasteiger partial charge >= 0.3 is 5.97 Å². The molecule has 0 bridgehead atoms. The van der Waals surface area contributed by atoms with Crippen LogP contribution in [0, 0.1) is 11.2 Å². The van der Waals surface area contributed by atoms with Crippen molar-refractivity contribution in [2.75, 3.05) is 6.54 Å². The molecule has 0 aromatic heterocycles. The third kappa shape index (κ3) is 2.30. The summed E-state index contributed by atoms with van der Waals surface area (Å²) in [6.07, 6.45) is 1.66. The van der Waals surface area contributed by atoms with Crippen LogP contribution in [0.4, 0.5) is 4.39 Å². The van der Waals surface area contributed by atoms with Crippen LogP contribution in [-0.4, -0.2) is 34.5 Å². The minimum atomic E-state index is -1.17. The second kappa shape index (κ2) is 4.83. The Morgan fingerprint density at radius 3 is 2.43 bits per heavy atom. The molecule has 0 unspecified atom stereocenters. The first-order valence-electron chi connectivity index (χ1n) is 7.24. The number of carboxylic acid groups (broad SMARTS) is 1. The van der Waals surface area contributed by atoms with E-state index in [0.29, 0.717) is 19.4 Å². The molecule has 1 aliphatic carbocycles. The minimum absolute atomic E-state index is 0.0179. The summed E-state index contributed by atoms with van der Waals surface area (Å²) in [6, 6.07) is 6.34. The van der Waals surface area contributed by atoms with E-state index in [2.05, 4.69) is 0 Å². The minimum Gasteiger partial charge on any atom is -0.480 e. The summed E-state index contributed by atoms with van der Waals surface area (Å²) in [4.78, 5) is 25.5. The molecule has 5 heteroatoms. The maximum absolute atomic E-state index is 13.0. The van der Waals surface area contributed by atoms with Crippen LogP contribution in [0.5, 0.6) is 0 Å². The van der Waals surface area contributed by atoms with Gasteiger partial charge in [0.15, 0.2) is 0 Å². The molecule has 0 spiro atoms. The fraction of sp³-hybridized carbons (Fsp3) is 0.500. The molecule has 1 N–H and O–H groups in total. The molecule has 1 saturated carbocycles. The van der Waals surface area contributed by atoms with Crippen molar-refractivity contribution in [2.45, 2.75) is 38.1 Å². The predicted molar refractivity (Wildman–Crippen MR) is 74.2 cm³/mol. The maximum atomic E-state index is 13.0. The monoisotopic (exact) mass is 291 g/mol. The molecule has 1 saturated heterocycles. The van der Waals surface area contributed by atoms with Gasteiger partial charge in [0.25, 0.3) is 0 Å². The molecule has 2 atom stereocenters. The molecule has 2 fully saturated rings. The second-order valence-corrected chi connectivity index (χ2v) is 6.18. The highest BCUT2D eigenvalue weighted by atomic mass is 19.1. The first-order chi connectivity index (χ1) is 9.94. The first kappa shape index (κ1) is 14.0. The van der Waals surface area contributed by atoms with Gasteiger partial charge in [0.05, 0.1) is 0 Å². The fourth-order valence-corrected chi connectivity index (χ4v) is 3.21. The summed E-state index contributed by atoms with van der Waals surface area (Å²) in [5.74, 6) is -1.40. The predicted octanol–water partition coefficient (Wildman–Crippen LogP) is 2.39. The number of carbonyl (C=O) groups is 2. The Morgan fingerprint density at radius 1 is 1.29 bits per heavy atom. The van der Waals surface area contributed by atoms with Crippen LogP contribution >= 0.6 is 0 Å². The summed E-state index contributed by atoms with van der Waals surface area (Å²) < 4.78 is 13.0. The number of hydrogen-bond acceptors (Lipinski definition) is 2. The third-order valence-corrected chi connectivity index (χ3v) is 4.75. The Kier molecular flexibility index (Phi) is 3.23. The van der Waals surface area contributed by atoms with E-state index >= 15 is 0 Å². The smallest absolute Gasteiger partial charge is 0.319 e. The van der Waals surface area contributed by atoms with Crippen molar-refractivity contribution in [1.29, 1.82) is 0 Å². The molecule has 1 amide bonds. The molecule has 112 valence electrons. The van der Waals surface area contributed by atoms with Gasteiger partial charge < -0.3 is 10.0 Å². The average Bonchev–Trinajstić information content (AvgIpc) is 3.17. The summed E-state index contributed by atoms with van der Waals surface area (Å²) >= 11 is 0. The van der Waals surface area contributed by atoms with Crippen molar-refractivity contribution < 1.29 is 19.1 Å². The van der Waals surface area contributed by atoms with Crippen LogP contribution in [0.25, 0.3) is 0 Å². The van der Waals surface area contributed by atoms with E-state index in [4.69, 9.17) is 0 Å². The third-order valence-electron chi connectivity index (χ3n) is 4.75. The van der Waals surface area contributed by atoms with E-state index in [1.807, 2.05) is 6.92 Å². The summed E-state index contributed by atoms with van der Waals surface area (Å²) in [7, 11) is 0. The number of aliphatic carboxylic acids is 1. The lowest BCUT2D eigenvalue weighted by molar-refractivity contribution is -0.153. The lowest BCUT2D eigenvalue weighted by atomic mass is 9.97. The lowest BCUT2D eigenvalue weighted by Crippen LogP contribution is -2.42. The first-order valence-corrected chi connectivity index (χ1v) is 7.24. The van der Waals surface area contributed by atoms with Gasteiger partial charge in [-0.1, -0.05) is 12.1 Å². The van der Waals surface area contributed by atoms with E-state index in [1.165, 1.54) is 12.1 Å². The Morgan fingerprint density at radius 2 is 1.90 bits per heavy atom. The molecule has 1 aromatic rings. The van der Waals surface area contributed by atoms with E-state index in [1.54, 1.807) is 17.0 Å². The van der Waals surface area contributed by atoms with Crippen LogP contribution in [-0.2, 0) is 9.59 Å². The number of halogens is 1. The Balaban J connectivity index is 1.76. The second-order valence-electron chi connectivity index (χ2n) is 6.18. The van der Waals surface area contributed by atoms with Crippen molar-refractivity contribution in [3.63, 3.8) is 0 Å². The van der Waals surface area contributed by atoms with Crippen molar-refractivity contribution in [3.05, 3.63) is 35.6 Å². The summed E-state index contributed by atoms with van der Waals surface area (Å²) in [5.41, 5.74) is -0.176. The lowest BCUT2D eigenvalue weighted by Gasteiger charge is -2.24. The molecule has 1 heterocycles. The van der Waals surface area contributed by atoms with E-state index < -0.39 is 11.4 Å². The number of hydrogen-bond donors (Lipinski definition) is 1. The number of nitrogens with zero attached hydrogens (tertiary/aromatic N) is 1. The highest BCUT2D eigenvalue weighted by molar-refractivity contribution is 6.05. The van der Waals surface area contributed by atoms with Crippen LogP contribution in [0.15, 0.2) is 24.3 Å². The standard InChI is InChI=1S/C16H18FNO3/c1-10-8-12(11-2-4-13(17)5-3-11)9-18(10)14(19)16(6-7-16)15(20)21/h2-5,10,12H,6-9H2,1H3,(H,20,21)/t10-,12+/m0/s1. The highest BCUT2D eigenvalue weighted by Crippen LogP contribution is 2.49. The molecule has 3 rings (SSSR count). The van der Waals surface area contributed by atoms with Gasteiger partial charge in [-0.25, -0.2) is 4.39 Å². The summed E-state index contributed by atoms with van der Waals surface area (Å²) in [6.45, 7) is 2.46. The molecular formula is C16H18FNO3. The molecule has 0 radical (unpaired) electrons. The largest absolute Gasteiger partial charge is 0.480 e. The van der Waals surface area contributed by atoms with Crippen LogP contribution in [0.3, 0.4) is 0 Å². The van der Waals surface area contributed by atoms with Crippen molar-refractivity contribution in [1.82, 2.24) is 4.90 Å². The van der Waals surface area contributed by atoms with E-state index in [0.717, 1.165) is 12.0 Å². The maximum Gasteiger partial charge on any atom is 0.319 e. The summed E-state index contributed by atoms with van der Waals surface area (Å²) in [5, 5.41) is 9.25. The Labute approximate surface area is 122 Å². The van der Waals surface area contributed by atoms with E-state index in [9.17, 15) is 19.1 Å². The van der Waals surface area contributed by atoms with Crippen LogP contribution < -0.4 is 0 Å². The highest BCUT2D eigenvalue weighted by Gasteiger charge is 2.59. The molecule has 2 aliphatic rings. The molecule has 21 heavy (non-hydrogen) atoms. The van der Waals surface area contributed by atoms with Crippen molar-refractivity contribution in [3.8, 4) is 0 Å². The van der Waals surface area contributed by atoms with Crippen molar-refractivity contribution in [2.24, 2.45) is 5.41 Å². The zero-order valence-corrected chi connectivity index (χ0v) is 11.9. The van der Waals surface area contributed by atoms with Gasteiger partial charge in [-0.05, 0) is 43.9 Å². The number of rotatable bonds is 3. The number of carbonyl (C=O) groups excluding carboxylic acids is 1. The SMILES string of the molecule is C[C@H]1C[C@@H](c2ccc(F)cc2)CN1C(=O)C1(C(=O)O)CC1. The van der Waals surface area contributed by atoms with Crippen LogP contribution in [0.1, 0.15) is 37.7 Å². The Hall–Kier alpha value is -1.91.